The Morgan fingerprint density at radius 3 is 1.79 bits per heavy atom. The highest BCUT2D eigenvalue weighted by Gasteiger charge is 2.57. The summed E-state index contributed by atoms with van der Waals surface area (Å²) in [5, 5.41) is 0. The average Bonchev–Trinajstić information content (AvgIpc) is 3.01. The summed E-state index contributed by atoms with van der Waals surface area (Å²) in [6, 6.07) is 12.2. The van der Waals surface area contributed by atoms with Gasteiger partial charge in [0.05, 0.1) is 11.4 Å². The smallest absolute Gasteiger partial charge is 0.264 e. The van der Waals surface area contributed by atoms with Crippen LogP contribution in [0.2, 0.25) is 0 Å². The lowest BCUT2D eigenvalue weighted by atomic mass is 10.0. The SMILES string of the molecule is FC(F)(Br)C(F)(F)n1cnc(-c2ccccc2)c1-c1ccccc1. The van der Waals surface area contributed by atoms with Gasteiger partial charge in [-0.1, -0.05) is 60.7 Å². The molecule has 1 heterocycles. The first-order valence-corrected chi connectivity index (χ1v) is 7.75. The van der Waals surface area contributed by atoms with Crippen molar-refractivity contribution in [3.63, 3.8) is 0 Å². The number of benzene rings is 2. The van der Waals surface area contributed by atoms with Gasteiger partial charge in [-0.3, -0.25) is 4.57 Å². The molecule has 0 amide bonds. The molecule has 3 rings (SSSR count). The van der Waals surface area contributed by atoms with E-state index in [2.05, 4.69) is 4.98 Å². The van der Waals surface area contributed by atoms with Crippen LogP contribution in [-0.4, -0.2) is 14.4 Å². The van der Waals surface area contributed by atoms with Crippen LogP contribution in [0.15, 0.2) is 67.0 Å². The predicted molar refractivity (Wildman–Crippen MR) is 87.2 cm³/mol. The predicted octanol–water partition coefficient (Wildman–Crippen LogP) is 5.75. The first kappa shape index (κ1) is 16.7. The van der Waals surface area contributed by atoms with Crippen molar-refractivity contribution in [2.24, 2.45) is 0 Å². The van der Waals surface area contributed by atoms with Gasteiger partial charge in [-0.15, -0.1) is 0 Å². The lowest BCUT2D eigenvalue weighted by Crippen LogP contribution is -2.38. The van der Waals surface area contributed by atoms with E-state index in [9.17, 15) is 17.6 Å². The zero-order chi connectivity index (χ0) is 17.4. The monoisotopic (exact) mass is 398 g/mol. The molecule has 0 saturated heterocycles. The van der Waals surface area contributed by atoms with Gasteiger partial charge in [0, 0.05) is 11.1 Å². The number of halogens is 5. The Bertz CT molecular complexity index is 827. The zero-order valence-corrected chi connectivity index (χ0v) is 13.7. The second kappa shape index (κ2) is 6.05. The molecule has 0 spiro atoms. The molecule has 0 fully saturated rings. The highest BCUT2D eigenvalue weighted by molar-refractivity contribution is 9.10. The van der Waals surface area contributed by atoms with E-state index in [0.29, 0.717) is 11.1 Å². The van der Waals surface area contributed by atoms with Crippen LogP contribution >= 0.6 is 15.9 Å². The lowest BCUT2D eigenvalue weighted by molar-refractivity contribution is -0.205. The summed E-state index contributed by atoms with van der Waals surface area (Å²) in [5.41, 5.74) is 1.05. The Hall–Kier alpha value is -2.15. The largest absolute Gasteiger partial charge is 0.403 e. The van der Waals surface area contributed by atoms with Crippen LogP contribution in [0.1, 0.15) is 0 Å². The number of hydrogen-bond donors (Lipinski definition) is 0. The Kier molecular flexibility index (Phi) is 4.21. The maximum atomic E-state index is 14.3. The third-order valence-electron chi connectivity index (χ3n) is 3.51. The molecule has 0 radical (unpaired) electrons. The molecule has 3 aromatic rings. The van der Waals surface area contributed by atoms with Crippen molar-refractivity contribution in [2.75, 3.05) is 0 Å². The van der Waals surface area contributed by atoms with Gasteiger partial charge in [0.2, 0.25) is 0 Å². The van der Waals surface area contributed by atoms with E-state index in [1.165, 1.54) is 0 Å². The number of aromatic nitrogens is 2. The normalized spacial score (nSPS) is 12.4. The maximum Gasteiger partial charge on any atom is 0.403 e. The Balaban J connectivity index is 2.28. The molecule has 0 aliphatic carbocycles. The summed E-state index contributed by atoms with van der Waals surface area (Å²) >= 11 is 1.78. The highest BCUT2D eigenvalue weighted by atomic mass is 79.9. The van der Waals surface area contributed by atoms with Crippen molar-refractivity contribution in [1.82, 2.24) is 9.55 Å². The zero-order valence-electron chi connectivity index (χ0n) is 12.1. The number of hydrogen-bond acceptors (Lipinski definition) is 1. The first-order valence-electron chi connectivity index (χ1n) is 6.95. The molecule has 0 saturated carbocycles. The summed E-state index contributed by atoms with van der Waals surface area (Å²) in [6.45, 7) is 0. The molecule has 0 aliphatic heterocycles. The van der Waals surface area contributed by atoms with Gasteiger partial charge in [0.1, 0.15) is 6.33 Å². The van der Waals surface area contributed by atoms with Gasteiger partial charge in [-0.2, -0.15) is 17.6 Å². The van der Waals surface area contributed by atoms with Gasteiger partial charge in [-0.05, 0) is 15.9 Å². The number of alkyl halides is 5. The second-order valence-corrected chi connectivity index (χ2v) is 6.08. The van der Waals surface area contributed by atoms with E-state index in [-0.39, 0.29) is 16.0 Å². The maximum absolute atomic E-state index is 14.3. The fraction of sp³-hybridized carbons (Fsp3) is 0.118. The first-order chi connectivity index (χ1) is 11.3. The summed E-state index contributed by atoms with van der Waals surface area (Å²) in [6.07, 6.45) is 0.736. The standard InChI is InChI=1S/C17H11BrF4N2/c18-16(19,20)17(21,22)24-11-23-14(12-7-3-1-4-8-12)15(24)13-9-5-2-6-10-13/h1-11H. The van der Waals surface area contributed by atoms with Crippen molar-refractivity contribution < 1.29 is 17.6 Å². The molecule has 0 bridgehead atoms. The van der Waals surface area contributed by atoms with Gasteiger partial charge in [-0.25, -0.2) is 4.98 Å². The van der Waals surface area contributed by atoms with E-state index < -0.39 is 10.9 Å². The number of rotatable bonds is 4. The van der Waals surface area contributed by atoms with E-state index in [4.69, 9.17) is 0 Å². The summed E-state index contributed by atoms with van der Waals surface area (Å²) < 4.78 is 55.6. The van der Waals surface area contributed by atoms with Crippen LogP contribution in [0, 0.1) is 0 Å². The molecule has 24 heavy (non-hydrogen) atoms. The Morgan fingerprint density at radius 1 is 0.792 bits per heavy atom. The topological polar surface area (TPSA) is 17.8 Å². The molecule has 2 aromatic carbocycles. The van der Waals surface area contributed by atoms with Crippen molar-refractivity contribution >= 4 is 15.9 Å². The summed E-state index contributed by atoms with van der Waals surface area (Å²) in [4.78, 5) is -0.447. The molecule has 0 unspecified atom stereocenters. The quantitative estimate of drug-likeness (QED) is 0.403. The fourth-order valence-corrected chi connectivity index (χ4v) is 2.57. The molecular weight excluding hydrogens is 388 g/mol. The Labute approximate surface area is 143 Å². The third kappa shape index (κ3) is 2.84. The van der Waals surface area contributed by atoms with Crippen LogP contribution in [0.3, 0.4) is 0 Å². The van der Waals surface area contributed by atoms with Gasteiger partial charge in [0.25, 0.3) is 0 Å². The molecule has 2 nitrogen and oxygen atoms in total. The van der Waals surface area contributed by atoms with E-state index >= 15 is 0 Å². The molecule has 7 heteroatoms. The summed E-state index contributed by atoms with van der Waals surface area (Å²) in [7, 11) is 0. The minimum atomic E-state index is -4.49. The van der Waals surface area contributed by atoms with Crippen LogP contribution in [0.25, 0.3) is 22.5 Å². The van der Waals surface area contributed by atoms with Crippen LogP contribution < -0.4 is 0 Å². The highest BCUT2D eigenvalue weighted by Crippen LogP contribution is 2.46. The summed E-state index contributed by atoms with van der Waals surface area (Å²) in [5.74, 6) is 0. The van der Waals surface area contributed by atoms with Crippen LogP contribution in [0.5, 0.6) is 0 Å². The van der Waals surface area contributed by atoms with Crippen molar-refractivity contribution in [3.05, 3.63) is 67.0 Å². The van der Waals surface area contributed by atoms with Crippen molar-refractivity contribution in [1.29, 1.82) is 0 Å². The molecule has 1 aromatic heterocycles. The lowest BCUT2D eigenvalue weighted by Gasteiger charge is -2.24. The van der Waals surface area contributed by atoms with Gasteiger partial charge in [0.15, 0.2) is 0 Å². The van der Waals surface area contributed by atoms with Gasteiger partial charge >= 0.3 is 10.9 Å². The van der Waals surface area contributed by atoms with Gasteiger partial charge < -0.3 is 0 Å². The van der Waals surface area contributed by atoms with E-state index in [0.717, 1.165) is 6.33 Å². The molecular formula is C17H11BrF4N2. The van der Waals surface area contributed by atoms with E-state index in [1.807, 2.05) is 0 Å². The van der Waals surface area contributed by atoms with Crippen LogP contribution in [-0.2, 0) is 6.05 Å². The number of imidazole rings is 1. The van der Waals surface area contributed by atoms with Crippen molar-refractivity contribution in [2.45, 2.75) is 10.9 Å². The Morgan fingerprint density at radius 2 is 1.29 bits per heavy atom. The minimum absolute atomic E-state index is 0.0778. The molecule has 0 atom stereocenters. The van der Waals surface area contributed by atoms with Crippen LogP contribution in [0.4, 0.5) is 17.6 Å². The number of nitrogens with zero attached hydrogens (tertiary/aromatic N) is 2. The molecule has 124 valence electrons. The minimum Gasteiger partial charge on any atom is -0.264 e. The fourth-order valence-electron chi connectivity index (χ4n) is 2.38. The average molecular weight is 399 g/mol. The molecule has 0 aliphatic rings. The molecule has 0 N–H and O–H groups in total. The second-order valence-electron chi connectivity index (χ2n) is 5.08. The van der Waals surface area contributed by atoms with Crippen molar-refractivity contribution in [3.8, 4) is 22.5 Å². The van der Waals surface area contributed by atoms with E-state index in [1.54, 1.807) is 76.6 Å². The third-order valence-corrected chi connectivity index (χ3v) is 3.98.